The first-order valence-corrected chi connectivity index (χ1v) is 11.8. The monoisotopic (exact) mass is 489 g/mol. The number of carboxylic acid groups (broad SMARTS) is 1. The Hall–Kier alpha value is -3.50. The normalized spacial score (nSPS) is 11.5. The van der Waals surface area contributed by atoms with E-state index in [-0.39, 0.29) is 11.8 Å². The van der Waals surface area contributed by atoms with Crippen LogP contribution in [0.3, 0.4) is 0 Å². The third kappa shape index (κ3) is 5.40. The highest BCUT2D eigenvalue weighted by Gasteiger charge is 2.31. The van der Waals surface area contributed by atoms with Crippen LogP contribution in [0.2, 0.25) is 0 Å². The molecule has 1 heterocycles. The van der Waals surface area contributed by atoms with Gasteiger partial charge in [-0.15, -0.1) is 0 Å². The van der Waals surface area contributed by atoms with Crippen LogP contribution in [0.15, 0.2) is 28.0 Å². The first kappa shape index (κ1) is 24.8. The maximum Gasteiger partial charge on any atom is 0.337 e. The van der Waals surface area contributed by atoms with E-state index >= 15 is 0 Å². The molecule has 0 radical (unpaired) electrons. The number of anilines is 1. The fourth-order valence-corrected chi connectivity index (χ4v) is 4.97. The van der Waals surface area contributed by atoms with Crippen LogP contribution in [0.25, 0.3) is 0 Å². The third-order valence-electron chi connectivity index (χ3n) is 3.87. The van der Waals surface area contributed by atoms with Crippen molar-refractivity contribution < 1.29 is 41.0 Å². The number of aromatic nitrogens is 2. The zero-order chi connectivity index (χ0) is 24.3. The predicted molar refractivity (Wildman–Crippen MR) is 109 cm³/mol. The van der Waals surface area contributed by atoms with Crippen LogP contribution in [0, 0.1) is 0 Å². The van der Waals surface area contributed by atoms with Gasteiger partial charge < -0.3 is 20.3 Å². The quantitative estimate of drug-likeness (QED) is 0.371. The molecule has 0 spiro atoms. The van der Waals surface area contributed by atoms with Crippen LogP contribution in [0.4, 0.5) is 10.7 Å². The number of nitrogens with one attached hydrogen (secondary N) is 2. The lowest BCUT2D eigenvalue weighted by molar-refractivity contribution is 0.0692. The Balaban J connectivity index is 2.52. The number of sulfonamides is 1. The second-order valence-electron chi connectivity index (χ2n) is 6.04. The number of benzene rings is 1. The van der Waals surface area contributed by atoms with Gasteiger partial charge in [-0.1, -0.05) is 0 Å². The summed E-state index contributed by atoms with van der Waals surface area (Å²) < 4.78 is 61.2. The number of methoxy groups -OCH3 is 2. The van der Waals surface area contributed by atoms with E-state index in [1.54, 1.807) is 4.72 Å². The van der Waals surface area contributed by atoms with E-state index in [4.69, 9.17) is 15.2 Å². The Bertz CT molecular complexity index is 1250. The van der Waals surface area contributed by atoms with Crippen LogP contribution in [0.1, 0.15) is 15.9 Å². The third-order valence-corrected chi connectivity index (χ3v) is 6.51. The molecule has 0 atom stereocenters. The summed E-state index contributed by atoms with van der Waals surface area (Å²) in [5.41, 5.74) is 4.26. The largest absolute Gasteiger partial charge is 0.481 e. The number of urea groups is 1. The zero-order valence-corrected chi connectivity index (χ0v) is 18.6. The summed E-state index contributed by atoms with van der Waals surface area (Å²) in [5, 5.41) is 11.4. The SMILES string of the molecule is COc1cc(OC)nc(NC(=O)NS(=O)(=O)c2c(C(=O)O)ccc(S(C)(=O)=O)c2CN)n1. The highest BCUT2D eigenvalue weighted by molar-refractivity contribution is 7.91. The molecule has 0 aliphatic rings. The molecule has 1 aromatic heterocycles. The molecule has 0 aliphatic heterocycles. The van der Waals surface area contributed by atoms with Gasteiger partial charge >= 0.3 is 12.0 Å². The first-order valence-electron chi connectivity index (χ1n) is 8.44. The summed E-state index contributed by atoms with van der Waals surface area (Å²) in [6.07, 6.45) is 0.798. The molecule has 16 heteroatoms. The number of hydrogen-bond acceptors (Lipinski definition) is 11. The van der Waals surface area contributed by atoms with Crippen molar-refractivity contribution in [1.29, 1.82) is 0 Å². The van der Waals surface area contributed by atoms with Gasteiger partial charge in [-0.3, -0.25) is 5.32 Å². The maximum atomic E-state index is 12.9. The van der Waals surface area contributed by atoms with Gasteiger partial charge in [-0.25, -0.2) is 31.1 Å². The lowest BCUT2D eigenvalue weighted by atomic mass is 10.1. The highest BCUT2D eigenvalue weighted by atomic mass is 32.2. The Labute approximate surface area is 182 Å². The summed E-state index contributed by atoms with van der Waals surface area (Å²) in [4.78, 5) is 30.0. The van der Waals surface area contributed by atoms with Crippen LogP contribution in [-0.2, 0) is 26.4 Å². The number of sulfone groups is 1. The molecule has 0 aliphatic carbocycles. The molecular weight excluding hydrogens is 470 g/mol. The number of carboxylic acids is 1. The molecule has 0 fully saturated rings. The average Bonchev–Trinajstić information content (AvgIpc) is 2.70. The number of carbonyl (C=O) groups is 2. The second kappa shape index (κ2) is 9.33. The Morgan fingerprint density at radius 3 is 2.09 bits per heavy atom. The fraction of sp³-hybridized carbons (Fsp3) is 0.250. The lowest BCUT2D eigenvalue weighted by Gasteiger charge is -2.16. The van der Waals surface area contributed by atoms with E-state index < -0.39 is 65.3 Å². The molecule has 32 heavy (non-hydrogen) atoms. The minimum atomic E-state index is -4.92. The van der Waals surface area contributed by atoms with Crippen molar-refractivity contribution in [2.75, 3.05) is 25.8 Å². The maximum absolute atomic E-state index is 12.9. The molecule has 2 amide bonds. The van der Waals surface area contributed by atoms with Crippen LogP contribution in [-0.4, -0.2) is 64.4 Å². The molecule has 2 rings (SSSR count). The topological polar surface area (TPSA) is 217 Å². The smallest absolute Gasteiger partial charge is 0.337 e. The van der Waals surface area contributed by atoms with Crippen LogP contribution < -0.4 is 25.2 Å². The molecule has 0 saturated heterocycles. The van der Waals surface area contributed by atoms with E-state index in [0.29, 0.717) is 0 Å². The number of rotatable bonds is 8. The molecule has 0 bridgehead atoms. The fourth-order valence-electron chi connectivity index (χ4n) is 2.59. The summed E-state index contributed by atoms with van der Waals surface area (Å²) in [5.74, 6) is -2.08. The first-order chi connectivity index (χ1) is 14.8. The molecule has 2 aromatic rings. The minimum absolute atomic E-state index is 0.00515. The van der Waals surface area contributed by atoms with Gasteiger partial charge in [-0.2, -0.15) is 9.97 Å². The van der Waals surface area contributed by atoms with Crippen molar-refractivity contribution in [3.8, 4) is 11.8 Å². The predicted octanol–water partition coefficient (Wildman–Crippen LogP) is -0.435. The number of amides is 2. The van der Waals surface area contributed by atoms with E-state index in [0.717, 1.165) is 18.4 Å². The van der Waals surface area contributed by atoms with Gasteiger partial charge in [0.05, 0.1) is 30.7 Å². The molecule has 0 saturated carbocycles. The van der Waals surface area contributed by atoms with Crippen LogP contribution in [0.5, 0.6) is 11.8 Å². The molecule has 0 unspecified atom stereocenters. The molecule has 1 aromatic carbocycles. The summed E-state index contributed by atoms with van der Waals surface area (Å²) in [6.45, 7) is -0.641. The van der Waals surface area contributed by atoms with Gasteiger partial charge in [0.25, 0.3) is 10.0 Å². The van der Waals surface area contributed by atoms with E-state index in [9.17, 15) is 31.5 Å². The van der Waals surface area contributed by atoms with Crippen molar-refractivity contribution in [2.45, 2.75) is 16.3 Å². The number of ether oxygens (including phenoxy) is 2. The standard InChI is InChI=1S/C16H19N5O9S2/c1-29-11-6-12(30-2)19-15(18-11)20-16(24)21-32(27,28)13-8(14(22)23)4-5-10(9(13)7-17)31(3,25)26/h4-6H,7,17H2,1-3H3,(H,22,23)(H2,18,19,20,21,24). The summed E-state index contributed by atoms with van der Waals surface area (Å²) >= 11 is 0. The van der Waals surface area contributed by atoms with Gasteiger partial charge in [-0.05, 0) is 12.1 Å². The van der Waals surface area contributed by atoms with Crippen molar-refractivity contribution >= 4 is 37.8 Å². The number of hydrogen-bond donors (Lipinski definition) is 4. The van der Waals surface area contributed by atoms with Gasteiger partial charge in [0.1, 0.15) is 4.90 Å². The van der Waals surface area contributed by atoms with E-state index in [2.05, 4.69) is 9.97 Å². The molecular formula is C16H19N5O9S2. The van der Waals surface area contributed by atoms with Crippen molar-refractivity contribution in [1.82, 2.24) is 14.7 Å². The van der Waals surface area contributed by atoms with Gasteiger partial charge in [0.15, 0.2) is 9.84 Å². The van der Waals surface area contributed by atoms with Crippen molar-refractivity contribution in [2.24, 2.45) is 5.73 Å². The lowest BCUT2D eigenvalue weighted by Crippen LogP contribution is -2.36. The Morgan fingerprint density at radius 1 is 1.09 bits per heavy atom. The Morgan fingerprint density at radius 2 is 1.66 bits per heavy atom. The van der Waals surface area contributed by atoms with E-state index in [1.807, 2.05) is 5.32 Å². The highest BCUT2D eigenvalue weighted by Crippen LogP contribution is 2.27. The number of nitrogens with two attached hydrogens (primary N) is 1. The van der Waals surface area contributed by atoms with Gasteiger partial charge in [0, 0.05) is 18.4 Å². The molecule has 14 nitrogen and oxygen atoms in total. The average molecular weight is 489 g/mol. The molecule has 5 N–H and O–H groups in total. The van der Waals surface area contributed by atoms with E-state index in [1.165, 1.54) is 20.3 Å². The summed E-state index contributed by atoms with van der Waals surface area (Å²) in [7, 11) is -6.33. The number of aromatic carboxylic acids is 1. The van der Waals surface area contributed by atoms with Gasteiger partial charge in [0.2, 0.25) is 17.7 Å². The zero-order valence-electron chi connectivity index (χ0n) is 16.9. The summed E-state index contributed by atoms with van der Waals surface area (Å²) in [6, 6.07) is 1.64. The Kier molecular flexibility index (Phi) is 7.22. The van der Waals surface area contributed by atoms with Crippen molar-refractivity contribution in [3.63, 3.8) is 0 Å². The number of nitrogens with zero attached hydrogens (tertiary/aromatic N) is 2. The minimum Gasteiger partial charge on any atom is -0.481 e. The van der Waals surface area contributed by atoms with Crippen molar-refractivity contribution in [3.05, 3.63) is 29.3 Å². The number of carbonyl (C=O) groups excluding carboxylic acids is 1. The van der Waals surface area contributed by atoms with Crippen LogP contribution >= 0.6 is 0 Å². The second-order valence-corrected chi connectivity index (χ2v) is 9.64. The molecule has 174 valence electrons.